The van der Waals surface area contributed by atoms with E-state index in [9.17, 15) is 4.79 Å². The van der Waals surface area contributed by atoms with Gasteiger partial charge in [-0.1, -0.05) is 48.9 Å². The Morgan fingerprint density at radius 1 is 0.903 bits per heavy atom. The summed E-state index contributed by atoms with van der Waals surface area (Å²) < 4.78 is 0. The number of hydrogen-bond acceptors (Lipinski definition) is 2. The first kappa shape index (κ1) is 19.6. The molecule has 0 radical (unpaired) electrons. The van der Waals surface area contributed by atoms with Gasteiger partial charge in [0.2, 0.25) is 0 Å². The maximum Gasteiger partial charge on any atom is 0.255 e. The molecule has 31 heavy (non-hydrogen) atoms. The van der Waals surface area contributed by atoms with Gasteiger partial charge in [0.05, 0.1) is 0 Å². The maximum absolute atomic E-state index is 13.0. The number of amides is 1. The second kappa shape index (κ2) is 8.78. The Hall–Kier alpha value is -3.37. The molecule has 1 aromatic heterocycles. The molecule has 0 bridgehead atoms. The van der Waals surface area contributed by atoms with Crippen molar-refractivity contribution >= 4 is 22.5 Å². The van der Waals surface area contributed by atoms with Gasteiger partial charge in [0.15, 0.2) is 0 Å². The van der Waals surface area contributed by atoms with Crippen LogP contribution in [-0.4, -0.2) is 28.9 Å². The summed E-state index contributed by atoms with van der Waals surface area (Å²) in [5.74, 6) is -0.0783. The van der Waals surface area contributed by atoms with Crippen molar-refractivity contribution in [3.8, 4) is 11.1 Å². The minimum absolute atomic E-state index is 0.0783. The van der Waals surface area contributed by atoms with Gasteiger partial charge < -0.3 is 10.3 Å². The first-order valence-electron chi connectivity index (χ1n) is 11.1. The second-order valence-corrected chi connectivity index (χ2v) is 8.31. The average molecular weight is 410 g/mol. The molecule has 1 fully saturated rings. The van der Waals surface area contributed by atoms with E-state index in [0.29, 0.717) is 5.56 Å². The highest BCUT2D eigenvalue weighted by molar-refractivity contribution is 6.05. The Morgan fingerprint density at radius 3 is 2.58 bits per heavy atom. The number of nitrogens with one attached hydrogen (secondary N) is 2. The highest BCUT2D eigenvalue weighted by atomic mass is 16.1. The Kier molecular flexibility index (Phi) is 5.55. The molecule has 0 atom stereocenters. The summed E-state index contributed by atoms with van der Waals surface area (Å²) in [6.07, 6.45) is 5.73. The highest BCUT2D eigenvalue weighted by Crippen LogP contribution is 2.27. The fourth-order valence-electron chi connectivity index (χ4n) is 4.45. The molecule has 1 aliphatic rings. The van der Waals surface area contributed by atoms with Gasteiger partial charge in [-0.2, -0.15) is 0 Å². The summed E-state index contributed by atoms with van der Waals surface area (Å²) in [5.41, 5.74) is 6.11. The summed E-state index contributed by atoms with van der Waals surface area (Å²) in [6, 6.07) is 24.5. The Balaban J connectivity index is 1.43. The number of carbonyl (C=O) groups is 1. The zero-order chi connectivity index (χ0) is 21.0. The molecule has 4 aromatic rings. The number of carbonyl (C=O) groups excluding carboxylic acids is 1. The van der Waals surface area contributed by atoms with Crippen LogP contribution in [0.3, 0.4) is 0 Å². The average Bonchev–Trinajstić information content (AvgIpc) is 3.28. The molecule has 1 amide bonds. The third-order valence-electron chi connectivity index (χ3n) is 6.11. The lowest BCUT2D eigenvalue weighted by Gasteiger charge is -2.27. The zero-order valence-corrected chi connectivity index (χ0v) is 17.6. The van der Waals surface area contributed by atoms with Crippen molar-refractivity contribution in [2.75, 3.05) is 18.4 Å². The fraction of sp³-hybridized carbons (Fsp3) is 0.222. The van der Waals surface area contributed by atoms with Gasteiger partial charge in [0.25, 0.3) is 5.91 Å². The first-order valence-corrected chi connectivity index (χ1v) is 11.1. The molecule has 2 heterocycles. The van der Waals surface area contributed by atoms with E-state index in [1.807, 2.05) is 42.6 Å². The number of nitrogens with zero attached hydrogens (tertiary/aromatic N) is 1. The number of H-pyrrole nitrogens is 1. The number of likely N-dealkylation sites (tertiary alicyclic amines) is 1. The van der Waals surface area contributed by atoms with Gasteiger partial charge >= 0.3 is 0 Å². The minimum Gasteiger partial charge on any atom is -0.361 e. The van der Waals surface area contributed by atoms with Crippen LogP contribution in [0.5, 0.6) is 0 Å². The van der Waals surface area contributed by atoms with Crippen LogP contribution < -0.4 is 5.32 Å². The summed E-state index contributed by atoms with van der Waals surface area (Å²) in [5, 5.41) is 4.19. The molecular weight excluding hydrogens is 382 g/mol. The smallest absolute Gasteiger partial charge is 0.255 e. The van der Waals surface area contributed by atoms with Crippen LogP contribution in [0.15, 0.2) is 79.0 Å². The SMILES string of the molecule is O=C(Nc1ccc2cc[nH]c2c1)c1ccc(-c2ccccc2)c(CN2CCCCC2)c1. The molecule has 156 valence electrons. The van der Waals surface area contributed by atoms with E-state index in [1.165, 1.54) is 36.0 Å². The lowest BCUT2D eigenvalue weighted by molar-refractivity contribution is 0.102. The number of anilines is 1. The van der Waals surface area contributed by atoms with Gasteiger partial charge in [0.1, 0.15) is 0 Å². The molecular formula is C27H27N3O. The topological polar surface area (TPSA) is 48.1 Å². The predicted molar refractivity (Wildman–Crippen MR) is 127 cm³/mol. The van der Waals surface area contributed by atoms with Crippen LogP contribution in [0.1, 0.15) is 35.2 Å². The molecule has 4 nitrogen and oxygen atoms in total. The number of benzene rings is 3. The van der Waals surface area contributed by atoms with Crippen LogP contribution in [-0.2, 0) is 6.54 Å². The van der Waals surface area contributed by atoms with Gasteiger partial charge in [0, 0.05) is 29.5 Å². The van der Waals surface area contributed by atoms with Crippen molar-refractivity contribution in [1.29, 1.82) is 0 Å². The van der Waals surface area contributed by atoms with Crippen molar-refractivity contribution in [1.82, 2.24) is 9.88 Å². The Bertz CT molecular complexity index is 1190. The number of hydrogen-bond donors (Lipinski definition) is 2. The molecule has 0 spiro atoms. The summed E-state index contributed by atoms with van der Waals surface area (Å²) >= 11 is 0. The van der Waals surface area contributed by atoms with Crippen molar-refractivity contribution in [2.45, 2.75) is 25.8 Å². The monoisotopic (exact) mass is 409 g/mol. The molecule has 0 saturated carbocycles. The zero-order valence-electron chi connectivity index (χ0n) is 17.6. The quantitative estimate of drug-likeness (QED) is 0.420. The van der Waals surface area contributed by atoms with E-state index in [-0.39, 0.29) is 5.91 Å². The minimum atomic E-state index is -0.0783. The standard InChI is InChI=1S/C27H27N3O/c31-27(29-24-11-9-21-13-14-28-26(21)18-24)22-10-12-25(20-7-3-1-4-8-20)23(17-22)19-30-15-5-2-6-16-30/h1,3-4,7-14,17-18,28H,2,5-6,15-16,19H2,(H,29,31). The van der Waals surface area contributed by atoms with E-state index in [4.69, 9.17) is 0 Å². The van der Waals surface area contributed by atoms with Gasteiger partial charge in [-0.15, -0.1) is 0 Å². The number of fused-ring (bicyclic) bond motifs is 1. The Labute approximate surface area is 182 Å². The highest BCUT2D eigenvalue weighted by Gasteiger charge is 2.16. The number of piperidine rings is 1. The summed E-state index contributed by atoms with van der Waals surface area (Å²) in [4.78, 5) is 18.7. The van der Waals surface area contributed by atoms with Crippen molar-refractivity contribution in [3.63, 3.8) is 0 Å². The molecule has 1 aliphatic heterocycles. The van der Waals surface area contributed by atoms with Crippen LogP contribution in [0, 0.1) is 0 Å². The maximum atomic E-state index is 13.0. The normalized spacial score (nSPS) is 14.6. The first-order chi connectivity index (χ1) is 15.3. The fourth-order valence-corrected chi connectivity index (χ4v) is 4.45. The third kappa shape index (κ3) is 4.39. The molecule has 3 aromatic carbocycles. The van der Waals surface area contributed by atoms with Crippen LogP contribution in [0.4, 0.5) is 5.69 Å². The molecule has 2 N–H and O–H groups in total. The summed E-state index contributed by atoms with van der Waals surface area (Å²) in [7, 11) is 0. The molecule has 4 heteroatoms. The van der Waals surface area contributed by atoms with E-state index in [2.05, 4.69) is 51.6 Å². The van der Waals surface area contributed by atoms with Crippen molar-refractivity contribution < 1.29 is 4.79 Å². The largest absolute Gasteiger partial charge is 0.361 e. The van der Waals surface area contributed by atoms with Gasteiger partial charge in [-0.3, -0.25) is 9.69 Å². The molecule has 0 aliphatic carbocycles. The molecule has 0 unspecified atom stereocenters. The third-order valence-corrected chi connectivity index (χ3v) is 6.11. The lowest BCUT2D eigenvalue weighted by Crippen LogP contribution is -2.29. The number of aromatic nitrogens is 1. The van der Waals surface area contributed by atoms with E-state index < -0.39 is 0 Å². The van der Waals surface area contributed by atoms with E-state index in [1.54, 1.807) is 0 Å². The lowest BCUT2D eigenvalue weighted by atomic mass is 9.96. The summed E-state index contributed by atoms with van der Waals surface area (Å²) in [6.45, 7) is 3.13. The van der Waals surface area contributed by atoms with Crippen molar-refractivity contribution in [2.24, 2.45) is 0 Å². The molecule has 1 saturated heterocycles. The van der Waals surface area contributed by atoms with Crippen LogP contribution in [0.25, 0.3) is 22.0 Å². The van der Waals surface area contributed by atoms with Crippen LogP contribution >= 0.6 is 0 Å². The van der Waals surface area contributed by atoms with Gasteiger partial charge in [-0.25, -0.2) is 0 Å². The number of aromatic amines is 1. The Morgan fingerprint density at radius 2 is 1.74 bits per heavy atom. The predicted octanol–water partition coefficient (Wildman–Crippen LogP) is 6.07. The van der Waals surface area contributed by atoms with E-state index >= 15 is 0 Å². The number of rotatable bonds is 5. The molecule has 5 rings (SSSR count). The van der Waals surface area contributed by atoms with Gasteiger partial charge in [-0.05, 0) is 78.3 Å². The van der Waals surface area contributed by atoms with E-state index in [0.717, 1.165) is 36.2 Å². The van der Waals surface area contributed by atoms with Crippen molar-refractivity contribution in [3.05, 3.63) is 90.1 Å². The van der Waals surface area contributed by atoms with Crippen LogP contribution in [0.2, 0.25) is 0 Å². The second-order valence-electron chi connectivity index (χ2n) is 8.31.